The highest BCUT2D eigenvalue weighted by Gasteiger charge is 2.20. The Morgan fingerprint density at radius 2 is 1.92 bits per heavy atom. The minimum absolute atomic E-state index is 0.487. The van der Waals surface area contributed by atoms with Crippen molar-refractivity contribution >= 4 is 5.96 Å². The molecule has 0 radical (unpaired) electrons. The Morgan fingerprint density at radius 3 is 2.52 bits per heavy atom. The van der Waals surface area contributed by atoms with Gasteiger partial charge in [-0.2, -0.15) is 0 Å². The summed E-state index contributed by atoms with van der Waals surface area (Å²) in [5, 5.41) is 11.0. The van der Waals surface area contributed by atoms with E-state index in [1.54, 1.807) is 0 Å². The summed E-state index contributed by atoms with van der Waals surface area (Å²) in [5.41, 5.74) is 1.06. The van der Waals surface area contributed by atoms with Crippen LogP contribution in [0.5, 0.6) is 0 Å². The number of likely N-dealkylation sites (tertiary alicyclic amines) is 1. The van der Waals surface area contributed by atoms with Crippen molar-refractivity contribution in [2.45, 2.75) is 71.4 Å². The first-order chi connectivity index (χ1) is 12.2. The second-order valence-corrected chi connectivity index (χ2v) is 6.84. The molecule has 25 heavy (non-hydrogen) atoms. The highest BCUT2D eigenvalue weighted by atomic mass is 16.5. The Morgan fingerprint density at radius 1 is 1.20 bits per heavy atom. The van der Waals surface area contributed by atoms with Gasteiger partial charge in [-0.1, -0.05) is 25.9 Å². The SMILES string of the molecule is CCC(CC)c1cc(CNC(=NC)NCC(CC)N2CCCC2)on1. The molecule has 1 aromatic rings. The molecular weight excluding hydrogens is 314 g/mol. The van der Waals surface area contributed by atoms with Crippen molar-refractivity contribution in [3.8, 4) is 0 Å². The zero-order chi connectivity index (χ0) is 18.1. The van der Waals surface area contributed by atoms with E-state index in [1.165, 1.54) is 25.9 Å². The summed E-state index contributed by atoms with van der Waals surface area (Å²) < 4.78 is 5.47. The number of nitrogens with one attached hydrogen (secondary N) is 2. The molecule has 0 aromatic carbocycles. The standard InChI is InChI=1S/C19H35N5O/c1-5-15(6-2)18-12-17(25-23-18)14-22-19(20-4)21-13-16(7-3)24-10-8-9-11-24/h12,15-16H,5-11,13-14H2,1-4H3,(H2,20,21,22). The second-order valence-electron chi connectivity index (χ2n) is 6.84. The van der Waals surface area contributed by atoms with Crippen molar-refractivity contribution in [3.05, 3.63) is 17.5 Å². The zero-order valence-electron chi connectivity index (χ0n) is 16.3. The average Bonchev–Trinajstić information content (AvgIpc) is 3.31. The third-order valence-corrected chi connectivity index (χ3v) is 5.27. The van der Waals surface area contributed by atoms with Crippen LogP contribution in [0.2, 0.25) is 0 Å². The summed E-state index contributed by atoms with van der Waals surface area (Å²) in [6, 6.07) is 2.64. The zero-order valence-corrected chi connectivity index (χ0v) is 16.3. The van der Waals surface area contributed by atoms with Gasteiger partial charge in [0.25, 0.3) is 0 Å². The molecular formula is C19H35N5O. The van der Waals surface area contributed by atoms with E-state index in [2.05, 4.69) is 52.5 Å². The van der Waals surface area contributed by atoms with Crippen LogP contribution < -0.4 is 10.6 Å². The molecule has 1 aromatic heterocycles. The maximum absolute atomic E-state index is 5.47. The van der Waals surface area contributed by atoms with Gasteiger partial charge in [0.2, 0.25) is 0 Å². The van der Waals surface area contributed by atoms with Crippen molar-refractivity contribution < 1.29 is 4.52 Å². The van der Waals surface area contributed by atoms with Crippen LogP contribution in [0.3, 0.4) is 0 Å². The fourth-order valence-electron chi connectivity index (χ4n) is 3.56. The Hall–Kier alpha value is -1.56. The van der Waals surface area contributed by atoms with Gasteiger partial charge in [-0.3, -0.25) is 9.89 Å². The molecule has 6 heteroatoms. The van der Waals surface area contributed by atoms with E-state index in [9.17, 15) is 0 Å². The van der Waals surface area contributed by atoms with E-state index >= 15 is 0 Å². The fraction of sp³-hybridized carbons (Fsp3) is 0.789. The van der Waals surface area contributed by atoms with Crippen molar-refractivity contribution in [1.29, 1.82) is 0 Å². The molecule has 1 aliphatic heterocycles. The van der Waals surface area contributed by atoms with Crippen LogP contribution in [0.25, 0.3) is 0 Å². The van der Waals surface area contributed by atoms with Crippen molar-refractivity contribution in [2.75, 3.05) is 26.7 Å². The van der Waals surface area contributed by atoms with Gasteiger partial charge in [-0.05, 0) is 45.2 Å². The van der Waals surface area contributed by atoms with Crippen LogP contribution in [0, 0.1) is 0 Å². The van der Waals surface area contributed by atoms with Gasteiger partial charge in [-0.15, -0.1) is 0 Å². The summed E-state index contributed by atoms with van der Waals surface area (Å²) in [5.74, 6) is 2.16. The van der Waals surface area contributed by atoms with Gasteiger partial charge in [0.1, 0.15) is 0 Å². The number of guanidine groups is 1. The molecule has 1 saturated heterocycles. The van der Waals surface area contributed by atoms with Crippen LogP contribution in [-0.2, 0) is 6.54 Å². The van der Waals surface area contributed by atoms with Gasteiger partial charge in [0, 0.05) is 31.6 Å². The number of aromatic nitrogens is 1. The number of hydrogen-bond donors (Lipinski definition) is 2. The lowest BCUT2D eigenvalue weighted by Crippen LogP contribution is -2.46. The van der Waals surface area contributed by atoms with Gasteiger partial charge in [0.15, 0.2) is 11.7 Å². The molecule has 6 nitrogen and oxygen atoms in total. The summed E-state index contributed by atoms with van der Waals surface area (Å²) in [6.07, 6.45) is 5.99. The van der Waals surface area contributed by atoms with Gasteiger partial charge >= 0.3 is 0 Å². The topological polar surface area (TPSA) is 65.7 Å². The fourth-order valence-corrected chi connectivity index (χ4v) is 3.56. The minimum atomic E-state index is 0.487. The molecule has 1 fully saturated rings. The predicted octanol–water partition coefficient (Wildman–Crippen LogP) is 3.12. The molecule has 0 aliphatic carbocycles. The molecule has 2 rings (SSSR count). The molecule has 1 atom stereocenters. The lowest BCUT2D eigenvalue weighted by Gasteiger charge is -2.27. The van der Waals surface area contributed by atoms with E-state index in [4.69, 9.17) is 4.52 Å². The molecule has 1 unspecified atom stereocenters. The Labute approximate surface area is 152 Å². The van der Waals surface area contributed by atoms with E-state index in [1.807, 2.05) is 7.05 Å². The first kappa shape index (κ1) is 19.8. The number of nitrogens with zero attached hydrogens (tertiary/aromatic N) is 3. The molecule has 142 valence electrons. The Bertz CT molecular complexity index is 518. The summed E-state index contributed by atoms with van der Waals surface area (Å²) in [4.78, 5) is 6.91. The summed E-state index contributed by atoms with van der Waals surface area (Å²) in [7, 11) is 1.81. The maximum Gasteiger partial charge on any atom is 0.191 e. The largest absolute Gasteiger partial charge is 0.359 e. The summed E-state index contributed by atoms with van der Waals surface area (Å²) >= 11 is 0. The number of hydrogen-bond acceptors (Lipinski definition) is 4. The van der Waals surface area contributed by atoms with Crippen LogP contribution in [0.15, 0.2) is 15.6 Å². The molecule has 1 aliphatic rings. The van der Waals surface area contributed by atoms with E-state index in [0.717, 1.165) is 43.2 Å². The first-order valence-corrected chi connectivity index (χ1v) is 9.85. The highest BCUT2D eigenvalue weighted by Crippen LogP contribution is 2.22. The van der Waals surface area contributed by atoms with Gasteiger partial charge in [0.05, 0.1) is 12.2 Å². The highest BCUT2D eigenvalue weighted by molar-refractivity contribution is 5.79. The average molecular weight is 350 g/mol. The quantitative estimate of drug-likeness (QED) is 0.530. The van der Waals surface area contributed by atoms with Gasteiger partial charge in [-0.25, -0.2) is 0 Å². The molecule has 0 amide bonds. The predicted molar refractivity (Wildman–Crippen MR) is 103 cm³/mol. The third kappa shape index (κ3) is 5.73. The van der Waals surface area contributed by atoms with Crippen molar-refractivity contribution in [2.24, 2.45) is 4.99 Å². The molecule has 0 saturated carbocycles. The minimum Gasteiger partial charge on any atom is -0.359 e. The number of rotatable bonds is 9. The van der Waals surface area contributed by atoms with Crippen molar-refractivity contribution in [3.63, 3.8) is 0 Å². The van der Waals surface area contributed by atoms with Gasteiger partial charge < -0.3 is 15.2 Å². The van der Waals surface area contributed by atoms with Crippen LogP contribution in [0.1, 0.15) is 70.2 Å². The first-order valence-electron chi connectivity index (χ1n) is 9.85. The molecule has 0 bridgehead atoms. The van der Waals surface area contributed by atoms with Crippen LogP contribution in [-0.4, -0.2) is 48.7 Å². The number of aliphatic imine (C=N–C) groups is 1. The molecule has 2 heterocycles. The Kier molecular flexibility index (Phi) is 8.25. The van der Waals surface area contributed by atoms with Crippen LogP contribution in [0.4, 0.5) is 0 Å². The third-order valence-electron chi connectivity index (χ3n) is 5.27. The Balaban J connectivity index is 1.80. The lowest BCUT2D eigenvalue weighted by molar-refractivity contribution is 0.236. The lowest BCUT2D eigenvalue weighted by atomic mass is 9.99. The van der Waals surface area contributed by atoms with E-state index in [-0.39, 0.29) is 0 Å². The monoisotopic (exact) mass is 349 g/mol. The summed E-state index contributed by atoms with van der Waals surface area (Å²) in [6.45, 7) is 10.6. The van der Waals surface area contributed by atoms with Crippen molar-refractivity contribution in [1.82, 2.24) is 20.7 Å². The smallest absolute Gasteiger partial charge is 0.191 e. The second kappa shape index (κ2) is 10.4. The maximum atomic E-state index is 5.47. The van der Waals surface area contributed by atoms with E-state index in [0.29, 0.717) is 18.5 Å². The van der Waals surface area contributed by atoms with Crippen LogP contribution >= 0.6 is 0 Å². The molecule has 0 spiro atoms. The normalized spacial score (nSPS) is 17.2. The molecule has 2 N–H and O–H groups in total. The van der Waals surface area contributed by atoms with E-state index < -0.39 is 0 Å².